The highest BCUT2D eigenvalue weighted by molar-refractivity contribution is 5.91. The summed E-state index contributed by atoms with van der Waals surface area (Å²) in [6, 6.07) is 17.1. The number of hydrogen-bond acceptors (Lipinski definition) is 5. The number of rotatable bonds is 5. The van der Waals surface area contributed by atoms with E-state index in [4.69, 9.17) is 14.2 Å². The molecule has 0 amide bonds. The Morgan fingerprint density at radius 1 is 1.15 bits per heavy atom. The number of cyclic esters (lactones) is 1. The molecule has 27 heavy (non-hydrogen) atoms. The van der Waals surface area contributed by atoms with Crippen LogP contribution in [0.3, 0.4) is 0 Å². The highest BCUT2D eigenvalue weighted by atomic mass is 16.6. The van der Waals surface area contributed by atoms with Crippen molar-refractivity contribution in [2.24, 2.45) is 0 Å². The van der Waals surface area contributed by atoms with Crippen molar-refractivity contribution in [3.63, 3.8) is 0 Å². The molecule has 1 aliphatic rings. The molecule has 5 nitrogen and oxygen atoms in total. The number of para-hydroxylation sites is 1. The van der Waals surface area contributed by atoms with Gasteiger partial charge in [-0.15, -0.1) is 0 Å². The molecule has 0 bridgehead atoms. The smallest absolute Gasteiger partial charge is 0.334 e. The minimum absolute atomic E-state index is 0.166. The largest absolute Gasteiger partial charge is 0.497 e. The first-order chi connectivity index (χ1) is 13.1. The molecule has 1 aliphatic heterocycles. The Labute approximate surface area is 157 Å². The van der Waals surface area contributed by atoms with Crippen LogP contribution in [-0.2, 0) is 15.1 Å². The minimum Gasteiger partial charge on any atom is -0.497 e. The molecule has 136 valence electrons. The van der Waals surface area contributed by atoms with E-state index in [0.717, 1.165) is 22.2 Å². The van der Waals surface area contributed by atoms with Gasteiger partial charge in [-0.1, -0.05) is 36.9 Å². The van der Waals surface area contributed by atoms with E-state index in [1.807, 2.05) is 54.6 Å². The van der Waals surface area contributed by atoms with Crippen molar-refractivity contribution in [3.05, 3.63) is 78.5 Å². The molecule has 1 saturated heterocycles. The molecule has 5 heteroatoms. The van der Waals surface area contributed by atoms with Crippen LogP contribution in [0.15, 0.2) is 72.9 Å². The van der Waals surface area contributed by atoms with Gasteiger partial charge in [0, 0.05) is 23.6 Å². The van der Waals surface area contributed by atoms with Gasteiger partial charge < -0.3 is 14.2 Å². The molecule has 0 spiro atoms. The van der Waals surface area contributed by atoms with Crippen molar-refractivity contribution in [2.45, 2.75) is 12.0 Å². The second-order valence-corrected chi connectivity index (χ2v) is 6.51. The molecule has 4 rings (SSSR count). The number of benzene rings is 2. The number of pyridine rings is 1. The number of fused-ring (bicyclic) bond motifs is 1. The van der Waals surface area contributed by atoms with E-state index >= 15 is 0 Å². The summed E-state index contributed by atoms with van der Waals surface area (Å²) >= 11 is 0. The monoisotopic (exact) mass is 361 g/mol. The lowest BCUT2D eigenvalue weighted by atomic mass is 9.90. The van der Waals surface area contributed by atoms with Crippen molar-refractivity contribution in [1.82, 2.24) is 4.98 Å². The average Bonchev–Trinajstić information content (AvgIpc) is 3.01. The van der Waals surface area contributed by atoms with E-state index in [2.05, 4.69) is 11.6 Å². The quantitative estimate of drug-likeness (QED) is 0.507. The first kappa shape index (κ1) is 17.1. The van der Waals surface area contributed by atoms with Crippen molar-refractivity contribution in [3.8, 4) is 11.5 Å². The molecule has 2 aromatic carbocycles. The lowest BCUT2D eigenvalue weighted by Crippen LogP contribution is -2.33. The molecule has 1 unspecified atom stereocenters. The van der Waals surface area contributed by atoms with E-state index in [1.54, 1.807) is 13.3 Å². The molecule has 0 radical (unpaired) electrons. The zero-order valence-corrected chi connectivity index (χ0v) is 15.0. The second-order valence-electron chi connectivity index (χ2n) is 6.51. The molecule has 0 saturated carbocycles. The van der Waals surface area contributed by atoms with Crippen LogP contribution in [0.2, 0.25) is 0 Å². The van der Waals surface area contributed by atoms with Crippen LogP contribution < -0.4 is 9.47 Å². The van der Waals surface area contributed by atoms with Crippen LogP contribution in [0.4, 0.5) is 0 Å². The Morgan fingerprint density at radius 2 is 1.93 bits per heavy atom. The number of nitrogens with zero attached hydrogens (tertiary/aromatic N) is 1. The van der Waals surface area contributed by atoms with Gasteiger partial charge in [-0.3, -0.25) is 4.98 Å². The first-order valence-electron chi connectivity index (χ1n) is 8.63. The highest BCUT2D eigenvalue weighted by Gasteiger charge is 2.45. The zero-order chi connectivity index (χ0) is 18.9. The van der Waals surface area contributed by atoms with Crippen molar-refractivity contribution in [2.75, 3.05) is 13.7 Å². The number of carbonyl (C=O) groups is 1. The molecule has 1 fully saturated rings. The second kappa shape index (κ2) is 6.76. The summed E-state index contributed by atoms with van der Waals surface area (Å²) < 4.78 is 17.1. The van der Waals surface area contributed by atoms with Gasteiger partial charge >= 0.3 is 5.97 Å². The summed E-state index contributed by atoms with van der Waals surface area (Å²) in [5, 5.41) is 0.987. The molecule has 1 atom stereocenters. The average molecular weight is 361 g/mol. The predicted molar refractivity (Wildman–Crippen MR) is 102 cm³/mol. The number of ether oxygens (including phenoxy) is 3. The van der Waals surface area contributed by atoms with Gasteiger partial charge in [-0.05, 0) is 29.8 Å². The lowest BCUT2D eigenvalue weighted by molar-refractivity contribution is -0.150. The summed E-state index contributed by atoms with van der Waals surface area (Å²) in [6.07, 6.45) is 2.10. The third-order valence-electron chi connectivity index (χ3n) is 4.75. The van der Waals surface area contributed by atoms with Crippen LogP contribution in [0.1, 0.15) is 12.0 Å². The van der Waals surface area contributed by atoms with E-state index in [1.165, 1.54) is 0 Å². The normalized spacial score (nSPS) is 19.1. The maximum Gasteiger partial charge on any atom is 0.334 e. The van der Waals surface area contributed by atoms with Crippen LogP contribution in [0.25, 0.3) is 10.9 Å². The Hall–Kier alpha value is -3.34. The molecule has 2 heterocycles. The van der Waals surface area contributed by atoms with Crippen molar-refractivity contribution >= 4 is 16.9 Å². The zero-order valence-electron chi connectivity index (χ0n) is 15.0. The maximum absolute atomic E-state index is 12.1. The Bertz CT molecular complexity index is 989. The standard InChI is InChI=1S/C22H19NO4/c1-15-13-22(27-21(15)24,17-8-10-18(25-2)11-9-17)14-26-19-7-3-5-16-6-4-12-23-20(16)19/h3-12H,1,13-14H2,2H3. The number of carbonyl (C=O) groups excluding carboxylic acids is 1. The fourth-order valence-electron chi connectivity index (χ4n) is 3.31. The van der Waals surface area contributed by atoms with E-state index in [9.17, 15) is 4.79 Å². The molecular formula is C22H19NO4. The topological polar surface area (TPSA) is 57.6 Å². The van der Waals surface area contributed by atoms with E-state index in [-0.39, 0.29) is 6.61 Å². The fraction of sp³-hybridized carbons (Fsp3) is 0.182. The van der Waals surface area contributed by atoms with E-state index in [0.29, 0.717) is 17.7 Å². The number of methoxy groups -OCH3 is 1. The minimum atomic E-state index is -0.919. The van der Waals surface area contributed by atoms with Gasteiger partial charge in [-0.2, -0.15) is 0 Å². The summed E-state index contributed by atoms with van der Waals surface area (Å²) in [6.45, 7) is 3.99. The highest BCUT2D eigenvalue weighted by Crippen LogP contribution is 2.40. The predicted octanol–water partition coefficient (Wildman–Crippen LogP) is 4.02. The van der Waals surface area contributed by atoms with Gasteiger partial charge in [0.2, 0.25) is 0 Å². The Kier molecular flexibility index (Phi) is 4.28. The summed E-state index contributed by atoms with van der Waals surface area (Å²) in [5.74, 6) is 0.983. The number of esters is 1. The Balaban J connectivity index is 1.67. The Morgan fingerprint density at radius 3 is 2.63 bits per heavy atom. The van der Waals surface area contributed by atoms with Crippen LogP contribution in [-0.4, -0.2) is 24.7 Å². The van der Waals surface area contributed by atoms with Gasteiger partial charge in [0.15, 0.2) is 5.60 Å². The SMILES string of the molecule is C=C1CC(COc2cccc3cccnc23)(c2ccc(OC)cc2)OC1=O. The third-order valence-corrected chi connectivity index (χ3v) is 4.75. The third kappa shape index (κ3) is 3.12. The molecular weight excluding hydrogens is 342 g/mol. The van der Waals surface area contributed by atoms with Crippen molar-refractivity contribution < 1.29 is 19.0 Å². The van der Waals surface area contributed by atoms with Crippen molar-refractivity contribution in [1.29, 1.82) is 0 Å². The fourth-order valence-corrected chi connectivity index (χ4v) is 3.31. The van der Waals surface area contributed by atoms with E-state index < -0.39 is 11.6 Å². The van der Waals surface area contributed by atoms with Gasteiger partial charge in [-0.25, -0.2) is 4.79 Å². The van der Waals surface area contributed by atoms with Gasteiger partial charge in [0.1, 0.15) is 23.6 Å². The molecule has 3 aromatic rings. The summed E-state index contributed by atoms with van der Waals surface area (Å²) in [4.78, 5) is 16.5. The number of hydrogen-bond donors (Lipinski definition) is 0. The lowest BCUT2D eigenvalue weighted by Gasteiger charge is -2.28. The maximum atomic E-state index is 12.1. The van der Waals surface area contributed by atoms with Crippen LogP contribution in [0.5, 0.6) is 11.5 Å². The summed E-state index contributed by atoms with van der Waals surface area (Å²) in [5.41, 5.74) is 1.12. The van der Waals surface area contributed by atoms with Crippen LogP contribution in [0, 0.1) is 0 Å². The molecule has 0 N–H and O–H groups in total. The summed E-state index contributed by atoms with van der Waals surface area (Å²) in [7, 11) is 1.61. The first-order valence-corrected chi connectivity index (χ1v) is 8.63. The molecule has 1 aromatic heterocycles. The van der Waals surface area contributed by atoms with Gasteiger partial charge in [0.25, 0.3) is 0 Å². The van der Waals surface area contributed by atoms with Gasteiger partial charge in [0.05, 0.1) is 7.11 Å². The molecule has 0 aliphatic carbocycles. The number of aromatic nitrogens is 1. The van der Waals surface area contributed by atoms with Crippen LogP contribution >= 0.6 is 0 Å².